The van der Waals surface area contributed by atoms with Crippen LogP contribution in [0.3, 0.4) is 0 Å². The third kappa shape index (κ3) is 3.16. The minimum atomic E-state index is -0.359. The van der Waals surface area contributed by atoms with Crippen molar-refractivity contribution in [3.8, 4) is 0 Å². The summed E-state index contributed by atoms with van der Waals surface area (Å²) in [5.41, 5.74) is 3.45. The predicted molar refractivity (Wildman–Crippen MR) is 113 cm³/mol. The van der Waals surface area contributed by atoms with Crippen molar-refractivity contribution in [3.63, 3.8) is 0 Å². The van der Waals surface area contributed by atoms with Crippen molar-refractivity contribution in [1.82, 2.24) is 0 Å². The molecule has 1 aliphatic carbocycles. The van der Waals surface area contributed by atoms with Gasteiger partial charge in [-0.2, -0.15) is 0 Å². The smallest absolute Gasteiger partial charge is 0.257 e. The number of hydrogen-bond acceptors (Lipinski definition) is 3. The molecule has 3 amide bonds. The first-order chi connectivity index (χ1) is 13.9. The Morgan fingerprint density at radius 3 is 2.55 bits per heavy atom. The first-order valence-electron chi connectivity index (χ1n) is 9.91. The molecule has 5 heteroatoms. The minimum absolute atomic E-state index is 0.00568. The van der Waals surface area contributed by atoms with Crippen molar-refractivity contribution < 1.29 is 14.4 Å². The lowest BCUT2D eigenvalue weighted by atomic mass is 9.78. The molecule has 1 heterocycles. The standard InChI is InChI=1S/C24H24N2O3/c1-14-8-7-12-19(16(14)3)25-22(27)17-10-4-5-13-20(17)26-23(28)18-11-6-9-15(2)21(18)24(26)29/h4-10,12-13,15,18,21H,11H2,1-3H3,(H,25,27)/t15-,18-,21+/m1/s1. The number of carbonyl (C=O) groups is 3. The molecule has 3 atom stereocenters. The molecule has 4 rings (SSSR count). The van der Waals surface area contributed by atoms with Gasteiger partial charge < -0.3 is 5.32 Å². The molecule has 2 aromatic rings. The molecule has 148 valence electrons. The summed E-state index contributed by atoms with van der Waals surface area (Å²) >= 11 is 0. The highest BCUT2D eigenvalue weighted by Crippen LogP contribution is 2.41. The highest BCUT2D eigenvalue weighted by atomic mass is 16.2. The number of fused-ring (bicyclic) bond motifs is 1. The Morgan fingerprint density at radius 1 is 1.03 bits per heavy atom. The van der Waals surface area contributed by atoms with Gasteiger partial charge in [0.25, 0.3) is 5.91 Å². The van der Waals surface area contributed by atoms with Crippen molar-refractivity contribution in [2.45, 2.75) is 27.2 Å². The van der Waals surface area contributed by atoms with E-state index in [0.29, 0.717) is 17.7 Å². The molecular weight excluding hydrogens is 364 g/mol. The number of imide groups is 1. The molecule has 0 unspecified atom stereocenters. The SMILES string of the molecule is Cc1cccc(NC(=O)c2ccccc2N2C(=O)[C@H]3[C@H](C)C=CC[C@H]3C2=O)c1C. The molecule has 0 spiro atoms. The third-order valence-electron chi connectivity index (χ3n) is 6.12. The van der Waals surface area contributed by atoms with Crippen molar-refractivity contribution in [2.24, 2.45) is 17.8 Å². The second-order valence-electron chi connectivity index (χ2n) is 7.89. The predicted octanol–water partition coefficient (Wildman–Crippen LogP) is 4.26. The lowest BCUT2D eigenvalue weighted by Gasteiger charge is -2.22. The number of amides is 3. The largest absolute Gasteiger partial charge is 0.322 e. The van der Waals surface area contributed by atoms with Crippen LogP contribution in [0.1, 0.15) is 34.8 Å². The number of aryl methyl sites for hydroxylation is 1. The summed E-state index contributed by atoms with van der Waals surface area (Å²) in [5, 5.41) is 2.93. The van der Waals surface area contributed by atoms with E-state index in [1.54, 1.807) is 24.3 Å². The van der Waals surface area contributed by atoms with Crippen LogP contribution in [-0.4, -0.2) is 17.7 Å². The summed E-state index contributed by atoms with van der Waals surface area (Å²) in [6.07, 6.45) is 4.53. The van der Waals surface area contributed by atoms with Crippen LogP contribution in [0.15, 0.2) is 54.6 Å². The van der Waals surface area contributed by atoms with E-state index in [-0.39, 0.29) is 35.5 Å². The van der Waals surface area contributed by atoms with Gasteiger partial charge in [-0.05, 0) is 55.5 Å². The van der Waals surface area contributed by atoms with Crippen molar-refractivity contribution in [3.05, 3.63) is 71.3 Å². The van der Waals surface area contributed by atoms with E-state index in [1.807, 2.05) is 51.1 Å². The maximum atomic E-state index is 13.1. The Morgan fingerprint density at radius 2 is 1.79 bits per heavy atom. The van der Waals surface area contributed by atoms with Crippen LogP contribution < -0.4 is 10.2 Å². The van der Waals surface area contributed by atoms with E-state index in [4.69, 9.17) is 0 Å². The first-order valence-corrected chi connectivity index (χ1v) is 9.91. The normalized spacial score (nSPS) is 23.3. The van der Waals surface area contributed by atoms with E-state index >= 15 is 0 Å². The number of para-hydroxylation sites is 1. The fourth-order valence-corrected chi connectivity index (χ4v) is 4.32. The fraction of sp³-hybridized carbons (Fsp3) is 0.292. The van der Waals surface area contributed by atoms with Crippen molar-refractivity contribution >= 4 is 29.1 Å². The zero-order valence-electron chi connectivity index (χ0n) is 16.8. The highest BCUT2D eigenvalue weighted by Gasteiger charge is 2.51. The highest BCUT2D eigenvalue weighted by molar-refractivity contribution is 6.25. The molecule has 0 bridgehead atoms. The molecule has 2 aliphatic rings. The molecule has 1 fully saturated rings. The number of carbonyl (C=O) groups excluding carboxylic acids is 3. The zero-order valence-corrected chi connectivity index (χ0v) is 16.8. The number of allylic oxidation sites excluding steroid dienone is 2. The van der Waals surface area contributed by atoms with Gasteiger partial charge in [-0.25, -0.2) is 4.90 Å². The molecule has 0 aromatic heterocycles. The van der Waals surface area contributed by atoms with Crippen LogP contribution in [0.5, 0.6) is 0 Å². The summed E-state index contributed by atoms with van der Waals surface area (Å²) in [7, 11) is 0. The quantitative estimate of drug-likeness (QED) is 0.631. The lowest BCUT2D eigenvalue weighted by Crippen LogP contribution is -2.33. The second-order valence-corrected chi connectivity index (χ2v) is 7.89. The lowest BCUT2D eigenvalue weighted by molar-refractivity contribution is -0.122. The average molecular weight is 388 g/mol. The Hall–Kier alpha value is -3.21. The molecular formula is C24H24N2O3. The summed E-state index contributed by atoms with van der Waals surface area (Å²) in [5.74, 6) is -1.48. The van der Waals surface area contributed by atoms with Crippen molar-refractivity contribution in [1.29, 1.82) is 0 Å². The van der Waals surface area contributed by atoms with Crippen LogP contribution in [0.25, 0.3) is 0 Å². The fourth-order valence-electron chi connectivity index (χ4n) is 4.32. The molecule has 0 saturated carbocycles. The van der Waals surface area contributed by atoms with E-state index in [1.165, 1.54) is 4.90 Å². The number of anilines is 2. The molecule has 1 N–H and O–H groups in total. The molecule has 0 radical (unpaired) electrons. The average Bonchev–Trinajstić information content (AvgIpc) is 2.97. The second kappa shape index (κ2) is 7.32. The van der Waals surface area contributed by atoms with Gasteiger partial charge in [-0.3, -0.25) is 14.4 Å². The van der Waals surface area contributed by atoms with E-state index in [9.17, 15) is 14.4 Å². The number of benzene rings is 2. The van der Waals surface area contributed by atoms with Crippen LogP contribution in [0.4, 0.5) is 11.4 Å². The minimum Gasteiger partial charge on any atom is -0.322 e. The van der Waals surface area contributed by atoms with Gasteiger partial charge in [0, 0.05) is 5.69 Å². The molecule has 1 aliphatic heterocycles. The van der Waals surface area contributed by atoms with Gasteiger partial charge in [0.1, 0.15) is 0 Å². The van der Waals surface area contributed by atoms with Gasteiger partial charge in [-0.15, -0.1) is 0 Å². The van der Waals surface area contributed by atoms with E-state index in [0.717, 1.165) is 16.8 Å². The zero-order chi connectivity index (χ0) is 20.7. The van der Waals surface area contributed by atoms with Crippen LogP contribution >= 0.6 is 0 Å². The summed E-state index contributed by atoms with van der Waals surface area (Å²) in [6.45, 7) is 5.89. The van der Waals surface area contributed by atoms with Crippen LogP contribution in [0.2, 0.25) is 0 Å². The van der Waals surface area contributed by atoms with Gasteiger partial charge in [0.2, 0.25) is 11.8 Å². The summed E-state index contributed by atoms with van der Waals surface area (Å²) in [4.78, 5) is 40.5. The Bertz CT molecular complexity index is 1040. The van der Waals surface area contributed by atoms with Crippen molar-refractivity contribution in [2.75, 3.05) is 10.2 Å². The summed E-state index contributed by atoms with van der Waals surface area (Å²) < 4.78 is 0. The van der Waals surface area contributed by atoms with Gasteiger partial charge in [0.15, 0.2) is 0 Å². The topological polar surface area (TPSA) is 66.5 Å². The number of nitrogens with zero attached hydrogens (tertiary/aromatic N) is 1. The maximum absolute atomic E-state index is 13.1. The van der Waals surface area contributed by atoms with Crippen LogP contribution in [-0.2, 0) is 9.59 Å². The third-order valence-corrected chi connectivity index (χ3v) is 6.12. The van der Waals surface area contributed by atoms with E-state index in [2.05, 4.69) is 5.32 Å². The van der Waals surface area contributed by atoms with Gasteiger partial charge >= 0.3 is 0 Å². The van der Waals surface area contributed by atoms with E-state index < -0.39 is 0 Å². The summed E-state index contributed by atoms with van der Waals surface area (Å²) in [6, 6.07) is 12.5. The molecule has 5 nitrogen and oxygen atoms in total. The van der Waals surface area contributed by atoms with Crippen LogP contribution in [0, 0.1) is 31.6 Å². The number of nitrogens with one attached hydrogen (secondary N) is 1. The Kier molecular flexibility index (Phi) is 4.82. The first kappa shape index (κ1) is 19.1. The molecule has 29 heavy (non-hydrogen) atoms. The number of rotatable bonds is 3. The maximum Gasteiger partial charge on any atom is 0.257 e. The molecule has 1 saturated heterocycles. The van der Waals surface area contributed by atoms with Gasteiger partial charge in [0.05, 0.1) is 23.1 Å². The van der Waals surface area contributed by atoms with Gasteiger partial charge in [-0.1, -0.05) is 43.3 Å². The Labute approximate surface area is 170 Å². The number of hydrogen-bond donors (Lipinski definition) is 1. The molecule has 2 aromatic carbocycles. The monoisotopic (exact) mass is 388 g/mol. The Balaban J connectivity index is 1.69.